The first-order valence-corrected chi connectivity index (χ1v) is 12.5. The van der Waals surface area contributed by atoms with Gasteiger partial charge < -0.3 is 15.2 Å². The summed E-state index contributed by atoms with van der Waals surface area (Å²) in [7, 11) is -1.38. The number of carbonyl (C=O) groups excluding carboxylic acids is 1. The Kier molecular flexibility index (Phi) is 9.02. The predicted molar refractivity (Wildman–Crippen MR) is 130 cm³/mol. The number of hydrogen-bond acceptors (Lipinski definition) is 4. The number of hydrogen-bond donors (Lipinski definition) is 2. The summed E-state index contributed by atoms with van der Waals surface area (Å²) >= 11 is 3.53. The number of aliphatic hydroxyl groups is 1. The van der Waals surface area contributed by atoms with Crippen molar-refractivity contribution in [3.63, 3.8) is 0 Å². The second kappa shape index (κ2) is 11.9. The molecule has 0 aliphatic heterocycles. The molecule has 4 atom stereocenters. The van der Waals surface area contributed by atoms with Gasteiger partial charge in [-0.15, -0.1) is 0 Å². The number of nitrogens with one attached hydrogen (secondary N) is 1. The molecular formula is C25H26BrNO4S. The maximum atomic E-state index is 12.7. The number of amides is 1. The van der Waals surface area contributed by atoms with Gasteiger partial charge in [0.1, 0.15) is 6.61 Å². The molecule has 3 aromatic rings. The van der Waals surface area contributed by atoms with Gasteiger partial charge in [0.25, 0.3) is 0 Å². The monoisotopic (exact) mass is 515 g/mol. The van der Waals surface area contributed by atoms with Crippen LogP contribution in [0.2, 0.25) is 0 Å². The molecule has 0 aliphatic carbocycles. The predicted octanol–water partition coefficient (Wildman–Crippen LogP) is 4.89. The molecule has 0 spiro atoms. The van der Waals surface area contributed by atoms with E-state index in [9.17, 15) is 14.1 Å². The third kappa shape index (κ3) is 7.02. The Labute approximate surface area is 199 Å². The van der Waals surface area contributed by atoms with Crippen LogP contribution < -0.4 is 5.32 Å². The highest BCUT2D eigenvalue weighted by molar-refractivity contribution is 9.09. The number of carbonyl (C=O) groups is 1. The van der Waals surface area contributed by atoms with Crippen molar-refractivity contribution in [3.05, 3.63) is 102 Å². The van der Waals surface area contributed by atoms with Crippen LogP contribution in [0, 0.1) is 6.92 Å². The van der Waals surface area contributed by atoms with E-state index in [4.69, 9.17) is 4.74 Å². The molecule has 0 fully saturated rings. The molecule has 3 aromatic carbocycles. The molecule has 2 N–H and O–H groups in total. The van der Waals surface area contributed by atoms with Crippen molar-refractivity contribution in [2.45, 2.75) is 35.4 Å². The number of alkyl halides is 1. The summed E-state index contributed by atoms with van der Waals surface area (Å²) in [6.45, 7) is 2.10. The molecule has 0 aliphatic rings. The van der Waals surface area contributed by atoms with Crippen LogP contribution in [-0.4, -0.2) is 32.1 Å². The van der Waals surface area contributed by atoms with E-state index in [2.05, 4.69) is 21.2 Å². The maximum absolute atomic E-state index is 12.7. The van der Waals surface area contributed by atoms with Crippen LogP contribution in [0.3, 0.4) is 0 Å². The first kappa shape index (κ1) is 24.2. The Morgan fingerprint density at radius 3 is 2.22 bits per heavy atom. The summed E-state index contributed by atoms with van der Waals surface area (Å²) in [4.78, 5) is 12.6. The number of benzene rings is 3. The van der Waals surface area contributed by atoms with Crippen molar-refractivity contribution in [3.8, 4) is 0 Å². The van der Waals surface area contributed by atoms with Gasteiger partial charge in [0, 0.05) is 4.90 Å². The highest BCUT2D eigenvalue weighted by atomic mass is 79.9. The van der Waals surface area contributed by atoms with Gasteiger partial charge >= 0.3 is 6.09 Å². The average molecular weight is 516 g/mol. The van der Waals surface area contributed by atoms with Crippen molar-refractivity contribution in [1.82, 2.24) is 5.32 Å². The van der Waals surface area contributed by atoms with Crippen molar-refractivity contribution < 1.29 is 18.8 Å². The molecule has 0 aromatic heterocycles. The normalized spacial score (nSPS) is 14.7. The number of ether oxygens (including phenoxy) is 1. The Bertz CT molecular complexity index is 1020. The van der Waals surface area contributed by atoms with Crippen LogP contribution in [0.15, 0.2) is 89.8 Å². The third-order valence-corrected chi connectivity index (χ3v) is 7.52. The average Bonchev–Trinajstić information content (AvgIpc) is 2.82. The van der Waals surface area contributed by atoms with Crippen molar-refractivity contribution in [2.75, 3.05) is 5.75 Å². The second-order valence-electron chi connectivity index (χ2n) is 7.43. The number of rotatable bonds is 9. The fourth-order valence-electron chi connectivity index (χ4n) is 3.15. The van der Waals surface area contributed by atoms with Gasteiger partial charge in [-0.2, -0.15) is 0 Å². The summed E-state index contributed by atoms with van der Waals surface area (Å²) in [5.41, 5.74) is 2.75. The minimum absolute atomic E-state index is 0.0308. The van der Waals surface area contributed by atoms with Gasteiger partial charge in [-0.05, 0) is 30.2 Å². The highest BCUT2D eigenvalue weighted by Gasteiger charge is 2.30. The van der Waals surface area contributed by atoms with E-state index in [-0.39, 0.29) is 12.4 Å². The Morgan fingerprint density at radius 1 is 1.00 bits per heavy atom. The summed E-state index contributed by atoms with van der Waals surface area (Å²) in [5, 5.41) is 13.7. The van der Waals surface area contributed by atoms with E-state index in [1.54, 1.807) is 12.1 Å². The molecular weight excluding hydrogens is 490 g/mol. The molecule has 0 bridgehead atoms. The molecule has 32 heavy (non-hydrogen) atoms. The fraction of sp³-hybridized carbons (Fsp3) is 0.240. The smallest absolute Gasteiger partial charge is 0.407 e. The number of halogens is 1. The van der Waals surface area contributed by atoms with Gasteiger partial charge in [0.05, 0.1) is 33.5 Å². The van der Waals surface area contributed by atoms with Crippen LogP contribution >= 0.6 is 15.9 Å². The molecule has 0 unspecified atom stereocenters. The van der Waals surface area contributed by atoms with Crippen LogP contribution in [0.25, 0.3) is 0 Å². The minimum atomic E-state index is -1.38. The van der Waals surface area contributed by atoms with Gasteiger partial charge in [0.2, 0.25) is 0 Å². The Hall–Kier alpha value is -2.48. The van der Waals surface area contributed by atoms with E-state index in [1.807, 2.05) is 79.7 Å². The topological polar surface area (TPSA) is 75.6 Å². The van der Waals surface area contributed by atoms with Gasteiger partial charge in [0.15, 0.2) is 0 Å². The fourth-order valence-corrected chi connectivity index (χ4v) is 5.18. The Morgan fingerprint density at radius 2 is 1.59 bits per heavy atom. The largest absolute Gasteiger partial charge is 0.445 e. The first-order valence-electron chi connectivity index (χ1n) is 10.2. The standard InChI is InChI=1S/C25H26BrNO4S/c1-18-12-14-21(15-13-18)32(30)17-22(28)23(26)24(20-10-6-3-7-11-20)27-25(29)31-16-19-8-4-2-5-9-19/h2-15,22-24,28H,16-17H2,1H3,(H,27,29)/t22-,23-,24+,32-/m1/s1. The molecule has 0 saturated heterocycles. The Balaban J connectivity index is 1.67. The lowest BCUT2D eigenvalue weighted by Crippen LogP contribution is -2.41. The van der Waals surface area contributed by atoms with Crippen molar-refractivity contribution in [2.24, 2.45) is 0 Å². The molecule has 7 heteroatoms. The van der Waals surface area contributed by atoms with Crippen LogP contribution in [-0.2, 0) is 22.1 Å². The van der Waals surface area contributed by atoms with Crippen molar-refractivity contribution >= 4 is 32.8 Å². The van der Waals surface area contributed by atoms with E-state index in [1.165, 1.54) is 0 Å². The van der Waals surface area contributed by atoms with Crippen LogP contribution in [0.5, 0.6) is 0 Å². The number of alkyl carbamates (subject to hydrolysis) is 1. The summed E-state index contributed by atoms with van der Waals surface area (Å²) in [6, 6.07) is 25.5. The summed E-state index contributed by atoms with van der Waals surface area (Å²) in [5.74, 6) is 0.0308. The van der Waals surface area contributed by atoms with Crippen LogP contribution in [0.1, 0.15) is 22.7 Å². The lowest BCUT2D eigenvalue weighted by Gasteiger charge is -2.27. The molecule has 0 heterocycles. The van der Waals surface area contributed by atoms with Gasteiger partial charge in [-0.25, -0.2) is 4.79 Å². The van der Waals surface area contributed by atoms with E-state index >= 15 is 0 Å². The van der Waals surface area contributed by atoms with Gasteiger partial charge in [-0.1, -0.05) is 94.3 Å². The maximum Gasteiger partial charge on any atom is 0.407 e. The highest BCUT2D eigenvalue weighted by Crippen LogP contribution is 2.27. The zero-order valence-corrected chi connectivity index (χ0v) is 20.1. The van der Waals surface area contributed by atoms with Crippen LogP contribution in [0.4, 0.5) is 4.79 Å². The zero-order chi connectivity index (χ0) is 22.9. The summed E-state index contributed by atoms with van der Waals surface area (Å²) < 4.78 is 18.1. The molecule has 0 radical (unpaired) electrons. The lowest BCUT2D eigenvalue weighted by atomic mass is 10.0. The van der Waals surface area contributed by atoms with Crippen molar-refractivity contribution in [1.29, 1.82) is 0 Å². The molecule has 1 amide bonds. The SMILES string of the molecule is Cc1ccc([S@](=O)C[C@@H](O)[C@@H](Br)[C@@H](NC(=O)OCc2ccccc2)c2ccccc2)cc1. The third-order valence-electron chi connectivity index (χ3n) is 4.94. The van der Waals surface area contributed by atoms with E-state index < -0.39 is 33.9 Å². The molecule has 0 saturated carbocycles. The quantitative estimate of drug-likeness (QED) is 0.397. The summed E-state index contributed by atoms with van der Waals surface area (Å²) in [6.07, 6.45) is -1.57. The second-order valence-corrected chi connectivity index (χ2v) is 9.98. The number of aliphatic hydroxyl groups excluding tert-OH is 1. The number of aryl methyl sites for hydroxylation is 1. The first-order chi connectivity index (χ1) is 15.4. The molecule has 168 valence electrons. The van der Waals surface area contributed by atoms with E-state index in [0.717, 1.165) is 16.7 Å². The van der Waals surface area contributed by atoms with Gasteiger partial charge in [-0.3, -0.25) is 4.21 Å². The molecule has 5 nitrogen and oxygen atoms in total. The zero-order valence-electron chi connectivity index (χ0n) is 17.7. The van der Waals surface area contributed by atoms with E-state index in [0.29, 0.717) is 4.90 Å². The lowest BCUT2D eigenvalue weighted by molar-refractivity contribution is 0.129. The molecule has 3 rings (SSSR count). The minimum Gasteiger partial charge on any atom is -0.445 e.